The van der Waals surface area contributed by atoms with E-state index in [0.29, 0.717) is 0 Å². The molecule has 0 aliphatic rings. The van der Waals surface area contributed by atoms with E-state index in [1.807, 2.05) is 6.07 Å². The van der Waals surface area contributed by atoms with Crippen molar-refractivity contribution in [2.75, 3.05) is 24.6 Å². The van der Waals surface area contributed by atoms with Crippen LogP contribution in [0.3, 0.4) is 0 Å². The number of nitrogens with zero attached hydrogens (tertiary/aromatic N) is 1. The lowest BCUT2D eigenvalue weighted by Crippen LogP contribution is -2.13. The molecule has 0 spiro atoms. The highest BCUT2D eigenvalue weighted by molar-refractivity contribution is 7.75. The number of hydrogen-bond acceptors (Lipinski definition) is 1. The zero-order chi connectivity index (χ0) is 27.8. The maximum absolute atomic E-state index is 3.60. The quantitative estimate of drug-likeness (QED) is 0.0814. The molecule has 0 atom stereocenters. The average molecular weight is 552 g/mol. The summed E-state index contributed by atoms with van der Waals surface area (Å²) in [6, 6.07) is 1.83. The van der Waals surface area contributed by atoms with E-state index in [4.69, 9.17) is 0 Å². The Labute approximate surface area is 242 Å². The van der Waals surface area contributed by atoms with Crippen LogP contribution in [0.1, 0.15) is 182 Å². The summed E-state index contributed by atoms with van der Waals surface area (Å²) in [4.78, 5) is 0. The van der Waals surface area contributed by atoms with Gasteiger partial charge in [-0.25, -0.2) is 0 Å². The smallest absolute Gasteiger partial charge is 0.0594 e. The molecule has 1 N–H and O–H groups in total. The van der Waals surface area contributed by atoms with Gasteiger partial charge >= 0.3 is 0 Å². The fourth-order valence-corrected chi connectivity index (χ4v) is 10.7. The first-order valence-electron chi connectivity index (χ1n) is 17.5. The van der Waals surface area contributed by atoms with Crippen LogP contribution in [0.5, 0.6) is 0 Å². The van der Waals surface area contributed by atoms with Crippen LogP contribution in [0.15, 0.2) is 18.5 Å². The van der Waals surface area contributed by atoms with E-state index in [1.54, 1.807) is 62.7 Å². The molecule has 0 bridgehead atoms. The van der Waals surface area contributed by atoms with Gasteiger partial charge in [0.2, 0.25) is 0 Å². The van der Waals surface area contributed by atoms with Gasteiger partial charge in [-0.1, -0.05) is 130 Å². The normalized spacial score (nSPS) is 11.5. The molecule has 2 nitrogen and oxygen atoms in total. The number of aromatic nitrogens is 2. The summed E-state index contributed by atoms with van der Waals surface area (Å²) in [6.07, 6.45) is 45.5. The van der Waals surface area contributed by atoms with Crippen molar-refractivity contribution in [1.29, 1.82) is 0 Å². The van der Waals surface area contributed by atoms with Crippen molar-refractivity contribution >= 4 is 7.26 Å². The molecule has 0 aliphatic carbocycles. The van der Waals surface area contributed by atoms with Gasteiger partial charge in [0.15, 0.2) is 0 Å². The summed E-state index contributed by atoms with van der Waals surface area (Å²) < 4.78 is 0. The molecule has 1 rings (SSSR count). The summed E-state index contributed by atoms with van der Waals surface area (Å²) in [5.41, 5.74) is 0. The van der Waals surface area contributed by atoms with Crippen LogP contribution >= 0.6 is 7.26 Å². The highest BCUT2D eigenvalue weighted by Crippen LogP contribution is 2.61. The largest absolute Gasteiger partial charge is 0.286 e. The third-order valence-electron chi connectivity index (χ3n) is 8.35. The summed E-state index contributed by atoms with van der Waals surface area (Å²) in [7, 11) is -0.697. The van der Waals surface area contributed by atoms with E-state index in [-0.39, 0.29) is 0 Å². The van der Waals surface area contributed by atoms with Crippen LogP contribution < -0.4 is 0 Å². The van der Waals surface area contributed by atoms with E-state index in [1.165, 1.54) is 128 Å². The average Bonchev–Trinajstić information content (AvgIpc) is 3.53. The molecule has 0 saturated heterocycles. The van der Waals surface area contributed by atoms with Crippen molar-refractivity contribution in [3.05, 3.63) is 18.5 Å². The maximum Gasteiger partial charge on any atom is 0.0594 e. The van der Waals surface area contributed by atoms with Gasteiger partial charge in [0.25, 0.3) is 0 Å². The van der Waals surface area contributed by atoms with Gasteiger partial charge in [0.05, 0.1) is 24.6 Å². The minimum absolute atomic E-state index is 0.697. The van der Waals surface area contributed by atoms with Crippen molar-refractivity contribution in [2.45, 2.75) is 182 Å². The van der Waals surface area contributed by atoms with Crippen LogP contribution in [0.4, 0.5) is 0 Å². The van der Waals surface area contributed by atoms with E-state index in [2.05, 4.69) is 37.9 Å². The molecule has 226 valence electrons. The van der Waals surface area contributed by atoms with Gasteiger partial charge in [0, 0.05) is 19.7 Å². The Balaban J connectivity index is 0.00000242. The van der Waals surface area contributed by atoms with Crippen molar-refractivity contribution < 1.29 is 0 Å². The lowest BCUT2D eigenvalue weighted by molar-refractivity contribution is 0.548. The standard InChI is InChI=1S/C32H68P.C3H4N2/c1-5-9-13-17-18-19-20-21-22-23-24-28-32-33(29-25-14-10-6-2,30-26-15-11-7-3)31-27-16-12-8-4;1-2-4-5-3-1/h5-32H2,1-4H3;1-3H,(H,4,5)/q+1;. The van der Waals surface area contributed by atoms with Crippen molar-refractivity contribution in [3.8, 4) is 0 Å². The molecule has 0 aromatic carbocycles. The second kappa shape index (κ2) is 31.2. The van der Waals surface area contributed by atoms with Gasteiger partial charge in [-0.15, -0.1) is 0 Å². The van der Waals surface area contributed by atoms with E-state index in [9.17, 15) is 0 Å². The van der Waals surface area contributed by atoms with Gasteiger partial charge in [-0.3, -0.25) is 5.10 Å². The minimum atomic E-state index is -0.697. The predicted molar refractivity (Wildman–Crippen MR) is 178 cm³/mol. The highest BCUT2D eigenvalue weighted by atomic mass is 31.2. The molecule has 0 fully saturated rings. The van der Waals surface area contributed by atoms with Crippen LogP contribution in [0, 0.1) is 0 Å². The number of H-pyrrole nitrogens is 1. The molecule has 1 aromatic heterocycles. The second-order valence-corrected chi connectivity index (χ2v) is 16.5. The molecule has 0 radical (unpaired) electrons. The lowest BCUT2D eigenvalue weighted by atomic mass is 10.1. The summed E-state index contributed by atoms with van der Waals surface area (Å²) in [5.74, 6) is 0. The number of hydrogen-bond donors (Lipinski definition) is 1. The van der Waals surface area contributed by atoms with Crippen LogP contribution in [-0.2, 0) is 0 Å². The monoisotopic (exact) mass is 552 g/mol. The predicted octanol–water partition coefficient (Wildman–Crippen LogP) is 12.9. The molecule has 1 aromatic rings. The highest BCUT2D eigenvalue weighted by Gasteiger charge is 2.34. The lowest BCUT2D eigenvalue weighted by Gasteiger charge is -2.28. The van der Waals surface area contributed by atoms with E-state index >= 15 is 0 Å². The molecule has 0 unspecified atom stereocenters. The molecule has 38 heavy (non-hydrogen) atoms. The summed E-state index contributed by atoms with van der Waals surface area (Å²) >= 11 is 0. The Morgan fingerprint density at radius 1 is 0.421 bits per heavy atom. The van der Waals surface area contributed by atoms with Crippen LogP contribution in [0.2, 0.25) is 0 Å². The van der Waals surface area contributed by atoms with Crippen molar-refractivity contribution in [3.63, 3.8) is 0 Å². The first-order chi connectivity index (χ1) is 18.7. The molecule has 0 amide bonds. The number of rotatable bonds is 28. The first kappa shape index (κ1) is 37.6. The minimum Gasteiger partial charge on any atom is -0.286 e. The van der Waals surface area contributed by atoms with E-state index < -0.39 is 7.26 Å². The Hall–Kier alpha value is -0.360. The van der Waals surface area contributed by atoms with Gasteiger partial charge in [-0.2, -0.15) is 5.10 Å². The van der Waals surface area contributed by atoms with Gasteiger partial charge in [-0.05, 0) is 57.4 Å². The fourth-order valence-electron chi connectivity index (χ4n) is 5.80. The van der Waals surface area contributed by atoms with Crippen molar-refractivity contribution in [1.82, 2.24) is 10.2 Å². The Bertz CT molecular complexity index is 468. The first-order valence-corrected chi connectivity index (χ1v) is 20.1. The zero-order valence-electron chi connectivity index (χ0n) is 26.9. The number of unbranched alkanes of at least 4 members (excludes halogenated alkanes) is 20. The second-order valence-electron chi connectivity index (χ2n) is 12.1. The topological polar surface area (TPSA) is 28.7 Å². The number of nitrogens with one attached hydrogen (secondary N) is 1. The Kier molecular flexibility index (Phi) is 30.9. The third-order valence-corrected chi connectivity index (χ3v) is 13.4. The summed E-state index contributed by atoms with van der Waals surface area (Å²) in [6.45, 7) is 9.41. The summed E-state index contributed by atoms with van der Waals surface area (Å²) in [5, 5.41) is 6.21. The van der Waals surface area contributed by atoms with Gasteiger partial charge in [0.1, 0.15) is 0 Å². The van der Waals surface area contributed by atoms with Crippen LogP contribution in [0.25, 0.3) is 0 Å². The molecular weight excluding hydrogens is 479 g/mol. The van der Waals surface area contributed by atoms with Crippen LogP contribution in [-0.4, -0.2) is 34.8 Å². The molecular formula is C35H72N2P+. The third kappa shape index (κ3) is 25.9. The zero-order valence-corrected chi connectivity index (χ0v) is 27.8. The number of aromatic amines is 1. The fraction of sp³-hybridized carbons (Fsp3) is 0.914. The molecule has 1 heterocycles. The molecule has 0 saturated carbocycles. The molecule has 3 heteroatoms. The SMILES string of the molecule is CCCCCCCCCCCCCC[P+](CCCCCC)(CCCCCC)CCCCCC.c1cn[nH]c1. The Morgan fingerprint density at radius 3 is 0.947 bits per heavy atom. The molecule has 0 aliphatic heterocycles. The Morgan fingerprint density at radius 2 is 0.711 bits per heavy atom. The van der Waals surface area contributed by atoms with E-state index in [0.717, 1.165) is 0 Å². The van der Waals surface area contributed by atoms with Gasteiger partial charge < -0.3 is 0 Å². The van der Waals surface area contributed by atoms with Crippen molar-refractivity contribution in [2.24, 2.45) is 0 Å². The maximum atomic E-state index is 3.60.